The van der Waals surface area contributed by atoms with Crippen LogP contribution in [-0.4, -0.2) is 28.9 Å². The average Bonchev–Trinajstić information content (AvgIpc) is 3.09. The first-order valence-electron chi connectivity index (χ1n) is 7.81. The number of fused-ring (bicyclic) bond motifs is 1. The number of carbonyl (C=O) groups is 2. The van der Waals surface area contributed by atoms with Crippen molar-refractivity contribution >= 4 is 17.5 Å². The number of aryl methyl sites for hydroxylation is 1. The van der Waals surface area contributed by atoms with Gasteiger partial charge in [0.1, 0.15) is 0 Å². The van der Waals surface area contributed by atoms with E-state index in [0.29, 0.717) is 12.2 Å². The van der Waals surface area contributed by atoms with Gasteiger partial charge in [0.15, 0.2) is 12.1 Å². The number of hydrogen-bond donors (Lipinski definition) is 0. The first-order chi connectivity index (χ1) is 11.6. The highest BCUT2D eigenvalue weighted by Crippen LogP contribution is 2.32. The summed E-state index contributed by atoms with van der Waals surface area (Å²) in [7, 11) is 0. The van der Waals surface area contributed by atoms with Crippen LogP contribution in [0.5, 0.6) is 0 Å². The van der Waals surface area contributed by atoms with Crippen LogP contribution in [0.2, 0.25) is 0 Å². The summed E-state index contributed by atoms with van der Waals surface area (Å²) >= 11 is 0. The smallest absolute Gasteiger partial charge is 0.263 e. The van der Waals surface area contributed by atoms with Crippen molar-refractivity contribution in [3.05, 3.63) is 65.7 Å². The number of imide groups is 1. The molecule has 120 valence electrons. The molecule has 0 bridgehead atoms. The summed E-state index contributed by atoms with van der Waals surface area (Å²) < 4.78 is 0. The van der Waals surface area contributed by atoms with Crippen LogP contribution in [0.15, 0.2) is 64.9 Å². The lowest BCUT2D eigenvalue weighted by Crippen LogP contribution is -2.39. The number of rotatable bonds is 3. The Morgan fingerprint density at radius 3 is 2.54 bits per heavy atom. The van der Waals surface area contributed by atoms with Gasteiger partial charge in [-0.3, -0.25) is 14.6 Å². The fourth-order valence-electron chi connectivity index (χ4n) is 3.18. The number of anilines is 1. The van der Waals surface area contributed by atoms with Crippen molar-refractivity contribution in [1.82, 2.24) is 5.01 Å². The van der Waals surface area contributed by atoms with Crippen LogP contribution < -0.4 is 4.90 Å². The van der Waals surface area contributed by atoms with Crippen LogP contribution in [0.1, 0.15) is 11.1 Å². The molecule has 4 rings (SSSR count). The van der Waals surface area contributed by atoms with E-state index in [9.17, 15) is 9.59 Å². The molecule has 0 spiro atoms. The molecule has 2 aliphatic heterocycles. The number of para-hydroxylation sites is 1. The highest BCUT2D eigenvalue weighted by atomic mass is 16.2. The van der Waals surface area contributed by atoms with E-state index >= 15 is 0 Å². The van der Waals surface area contributed by atoms with Crippen LogP contribution >= 0.6 is 0 Å². The summed E-state index contributed by atoms with van der Waals surface area (Å²) in [6.45, 7) is 2.47. The Bertz CT molecular complexity index is 834. The minimum absolute atomic E-state index is 0.270. The molecule has 0 unspecified atom stereocenters. The van der Waals surface area contributed by atoms with E-state index in [2.05, 4.69) is 10.3 Å². The van der Waals surface area contributed by atoms with Gasteiger partial charge in [-0.1, -0.05) is 53.3 Å². The normalized spacial score (nSPS) is 22.4. The minimum atomic E-state index is -0.748. The summed E-state index contributed by atoms with van der Waals surface area (Å²) in [6, 6.07) is 15.5. The molecule has 0 aliphatic carbocycles. The van der Waals surface area contributed by atoms with Crippen molar-refractivity contribution in [2.75, 3.05) is 4.90 Å². The molecule has 6 heteroatoms. The zero-order valence-electron chi connectivity index (χ0n) is 13.2. The van der Waals surface area contributed by atoms with Crippen LogP contribution in [0, 0.1) is 6.92 Å². The van der Waals surface area contributed by atoms with Gasteiger partial charge in [0.05, 0.1) is 12.2 Å². The monoisotopic (exact) mass is 320 g/mol. The van der Waals surface area contributed by atoms with E-state index < -0.39 is 12.1 Å². The Morgan fingerprint density at radius 2 is 1.79 bits per heavy atom. The van der Waals surface area contributed by atoms with E-state index in [1.165, 1.54) is 4.90 Å². The standard InChI is InChI=1S/C18H16N4O2/c1-12-6-5-7-13(10-12)11-21-16-15(19-20-21)17(23)22(18(16)24)14-8-3-2-4-9-14/h2-10,15-16H,11H2,1H3/t15-,16+/m1/s1. The summed E-state index contributed by atoms with van der Waals surface area (Å²) in [5.41, 5.74) is 2.75. The zero-order chi connectivity index (χ0) is 16.7. The van der Waals surface area contributed by atoms with Gasteiger partial charge in [-0.15, -0.1) is 0 Å². The van der Waals surface area contributed by atoms with Gasteiger partial charge >= 0.3 is 0 Å². The summed E-state index contributed by atoms with van der Waals surface area (Å²) in [4.78, 5) is 26.6. The molecular weight excluding hydrogens is 304 g/mol. The number of amides is 2. The molecule has 2 atom stereocenters. The fraction of sp³-hybridized carbons (Fsp3) is 0.222. The van der Waals surface area contributed by atoms with Crippen LogP contribution in [0.4, 0.5) is 5.69 Å². The molecule has 1 fully saturated rings. The van der Waals surface area contributed by atoms with E-state index in [1.54, 1.807) is 29.3 Å². The molecule has 2 aromatic carbocycles. The van der Waals surface area contributed by atoms with Crippen LogP contribution in [-0.2, 0) is 16.1 Å². The Hall–Kier alpha value is -3.02. The number of nitrogens with zero attached hydrogens (tertiary/aromatic N) is 4. The maximum Gasteiger partial charge on any atom is 0.263 e. The van der Waals surface area contributed by atoms with Crippen molar-refractivity contribution in [3.8, 4) is 0 Å². The molecule has 6 nitrogen and oxygen atoms in total. The van der Waals surface area contributed by atoms with Crippen molar-refractivity contribution in [2.24, 2.45) is 10.3 Å². The fourth-order valence-corrected chi connectivity index (χ4v) is 3.18. The van der Waals surface area contributed by atoms with Gasteiger partial charge in [0, 0.05) is 0 Å². The molecule has 0 saturated carbocycles. The molecule has 2 heterocycles. The summed E-state index contributed by atoms with van der Waals surface area (Å²) in [5, 5.41) is 9.72. The molecule has 1 saturated heterocycles. The SMILES string of the molecule is Cc1cccc(CN2N=N[C@H]3C(=O)N(c4ccccc4)C(=O)[C@H]32)c1. The van der Waals surface area contributed by atoms with Crippen molar-refractivity contribution < 1.29 is 9.59 Å². The van der Waals surface area contributed by atoms with Gasteiger partial charge in [-0.05, 0) is 24.6 Å². The molecule has 0 aromatic heterocycles. The third-order valence-electron chi connectivity index (χ3n) is 4.30. The third-order valence-corrected chi connectivity index (χ3v) is 4.30. The number of hydrogen-bond acceptors (Lipinski definition) is 5. The Kier molecular flexibility index (Phi) is 3.37. The van der Waals surface area contributed by atoms with Gasteiger partial charge in [0.2, 0.25) is 0 Å². The Morgan fingerprint density at radius 1 is 1.00 bits per heavy atom. The van der Waals surface area contributed by atoms with Crippen molar-refractivity contribution in [3.63, 3.8) is 0 Å². The average molecular weight is 320 g/mol. The topological polar surface area (TPSA) is 65.3 Å². The predicted molar refractivity (Wildman–Crippen MR) is 88.1 cm³/mol. The maximum atomic E-state index is 12.8. The predicted octanol–water partition coefficient (Wildman–Crippen LogP) is 2.49. The van der Waals surface area contributed by atoms with Crippen molar-refractivity contribution in [1.29, 1.82) is 0 Å². The van der Waals surface area contributed by atoms with Crippen molar-refractivity contribution in [2.45, 2.75) is 25.6 Å². The zero-order valence-corrected chi connectivity index (χ0v) is 13.2. The molecule has 24 heavy (non-hydrogen) atoms. The second-order valence-corrected chi connectivity index (χ2v) is 6.03. The second-order valence-electron chi connectivity index (χ2n) is 6.03. The van der Waals surface area contributed by atoms with E-state index in [0.717, 1.165) is 11.1 Å². The number of benzene rings is 2. The first kappa shape index (κ1) is 14.6. The summed E-state index contributed by atoms with van der Waals surface area (Å²) in [5.74, 6) is -0.583. The molecule has 0 N–H and O–H groups in total. The Balaban J connectivity index is 1.61. The lowest BCUT2D eigenvalue weighted by molar-refractivity contribution is -0.123. The lowest BCUT2D eigenvalue weighted by Gasteiger charge is -2.20. The molecule has 2 amide bonds. The van der Waals surface area contributed by atoms with Gasteiger partial charge in [-0.2, -0.15) is 5.11 Å². The first-order valence-corrected chi connectivity index (χ1v) is 7.81. The van der Waals surface area contributed by atoms with Gasteiger partial charge in [0.25, 0.3) is 11.8 Å². The maximum absolute atomic E-state index is 12.8. The quantitative estimate of drug-likeness (QED) is 0.816. The largest absolute Gasteiger partial charge is 0.271 e. The second kappa shape index (κ2) is 5.56. The lowest BCUT2D eigenvalue weighted by atomic mass is 10.1. The van der Waals surface area contributed by atoms with E-state index in [1.807, 2.05) is 37.3 Å². The Labute approximate surface area is 139 Å². The van der Waals surface area contributed by atoms with E-state index in [-0.39, 0.29) is 11.8 Å². The highest BCUT2D eigenvalue weighted by molar-refractivity contribution is 6.25. The molecule has 0 radical (unpaired) electrons. The molecule has 2 aliphatic rings. The summed E-state index contributed by atoms with van der Waals surface area (Å²) in [6.07, 6.45) is 0. The highest BCUT2D eigenvalue weighted by Gasteiger charge is 2.54. The molecular formula is C18H16N4O2. The molecule has 2 aromatic rings. The van der Waals surface area contributed by atoms with Crippen LogP contribution in [0.3, 0.4) is 0 Å². The van der Waals surface area contributed by atoms with Gasteiger partial charge in [-0.25, -0.2) is 4.90 Å². The third kappa shape index (κ3) is 2.27. The minimum Gasteiger partial charge on any atom is -0.271 e. The van der Waals surface area contributed by atoms with E-state index in [4.69, 9.17) is 0 Å². The van der Waals surface area contributed by atoms with Crippen LogP contribution in [0.25, 0.3) is 0 Å². The van der Waals surface area contributed by atoms with Gasteiger partial charge < -0.3 is 0 Å². The number of carbonyl (C=O) groups excluding carboxylic acids is 2.